The van der Waals surface area contributed by atoms with E-state index in [1.807, 2.05) is 0 Å². The van der Waals surface area contributed by atoms with Crippen LogP contribution in [0, 0.1) is 0 Å². The van der Waals surface area contributed by atoms with E-state index in [-0.39, 0.29) is 33.2 Å². The number of nitrogens with zero attached hydrogens (tertiary/aromatic N) is 1. The topological polar surface area (TPSA) is 120 Å². The molecule has 122 valence electrons. The molecular weight excluding hydrogens is 338 g/mol. The normalized spacial score (nSPS) is 12.8. The van der Waals surface area contributed by atoms with Crippen LogP contribution in [0.2, 0.25) is 5.02 Å². The Morgan fingerprint density at radius 2 is 1.96 bits per heavy atom. The predicted octanol–water partition coefficient (Wildman–Crippen LogP) is 0.743. The Hall–Kier alpha value is -3.13. The zero-order valence-electron chi connectivity index (χ0n) is 12.3. The number of anilines is 1. The number of benzene rings is 1. The number of esters is 1. The highest BCUT2D eigenvalue weighted by Crippen LogP contribution is 2.29. The first-order valence-corrected chi connectivity index (χ1v) is 7.03. The molecule has 0 bridgehead atoms. The average Bonchev–Trinajstić information content (AvgIpc) is 2.82. The smallest absolute Gasteiger partial charge is 0.340 e. The van der Waals surface area contributed by atoms with Crippen LogP contribution in [0.15, 0.2) is 29.1 Å². The monoisotopic (exact) mass is 347 g/mol. The third-order valence-electron chi connectivity index (χ3n) is 3.57. The molecule has 0 saturated carbocycles. The van der Waals surface area contributed by atoms with E-state index in [1.165, 1.54) is 25.3 Å². The average molecular weight is 348 g/mol. The molecule has 1 aromatic carbocycles. The molecule has 0 unspecified atom stereocenters. The Balaban J connectivity index is 2.40. The molecule has 9 heteroatoms. The SMILES string of the molecule is COC(=O)c1cccc(Cl)c1-n1c(N)c2c(cc1=O)C(=O)NC2=O. The van der Waals surface area contributed by atoms with Gasteiger partial charge in [-0.2, -0.15) is 0 Å². The molecule has 0 atom stereocenters. The molecule has 0 radical (unpaired) electrons. The molecule has 1 aromatic heterocycles. The number of methoxy groups -OCH3 is 1. The fraction of sp³-hybridized carbons (Fsp3) is 0.0667. The Morgan fingerprint density at radius 3 is 2.62 bits per heavy atom. The van der Waals surface area contributed by atoms with Crippen LogP contribution in [0.1, 0.15) is 31.1 Å². The quantitative estimate of drug-likeness (QED) is 0.610. The van der Waals surface area contributed by atoms with Gasteiger partial charge in [-0.1, -0.05) is 17.7 Å². The standard InChI is InChI=1S/C15H10ClN3O5/c1-24-15(23)6-3-2-4-8(16)11(6)19-9(20)5-7-10(12(19)17)14(22)18-13(7)21/h2-5H,17H2,1H3,(H,18,21,22). The number of ether oxygens (including phenoxy) is 1. The largest absolute Gasteiger partial charge is 0.465 e. The second-order valence-corrected chi connectivity index (χ2v) is 5.31. The molecule has 3 rings (SSSR count). The molecule has 2 heterocycles. The Morgan fingerprint density at radius 1 is 1.25 bits per heavy atom. The van der Waals surface area contributed by atoms with Crippen molar-refractivity contribution in [2.24, 2.45) is 0 Å². The van der Waals surface area contributed by atoms with E-state index >= 15 is 0 Å². The van der Waals surface area contributed by atoms with Gasteiger partial charge in [0.25, 0.3) is 17.4 Å². The molecular formula is C15H10ClN3O5. The number of hydrogen-bond acceptors (Lipinski definition) is 6. The number of para-hydroxylation sites is 1. The van der Waals surface area contributed by atoms with Crippen molar-refractivity contribution in [1.82, 2.24) is 9.88 Å². The van der Waals surface area contributed by atoms with Crippen LogP contribution in [-0.2, 0) is 4.74 Å². The third-order valence-corrected chi connectivity index (χ3v) is 3.87. The molecule has 8 nitrogen and oxygen atoms in total. The zero-order chi connectivity index (χ0) is 17.6. The number of nitrogen functional groups attached to an aromatic ring is 1. The minimum Gasteiger partial charge on any atom is -0.465 e. The first-order chi connectivity index (χ1) is 11.4. The van der Waals surface area contributed by atoms with Gasteiger partial charge in [-0.05, 0) is 12.1 Å². The first-order valence-electron chi connectivity index (χ1n) is 6.65. The summed E-state index contributed by atoms with van der Waals surface area (Å²) in [6.07, 6.45) is 0. The summed E-state index contributed by atoms with van der Waals surface area (Å²) < 4.78 is 5.59. The highest BCUT2D eigenvalue weighted by Gasteiger charge is 2.33. The number of nitrogens with one attached hydrogen (secondary N) is 1. The van der Waals surface area contributed by atoms with Crippen LogP contribution in [0.25, 0.3) is 5.69 Å². The molecule has 1 aliphatic rings. The van der Waals surface area contributed by atoms with Gasteiger partial charge < -0.3 is 10.5 Å². The Bertz CT molecular complexity index is 980. The van der Waals surface area contributed by atoms with Gasteiger partial charge in [0.1, 0.15) is 5.82 Å². The van der Waals surface area contributed by atoms with E-state index in [0.29, 0.717) is 0 Å². The highest BCUT2D eigenvalue weighted by atomic mass is 35.5. The van der Waals surface area contributed by atoms with Crippen molar-refractivity contribution in [2.45, 2.75) is 0 Å². The number of pyridine rings is 1. The van der Waals surface area contributed by atoms with E-state index in [2.05, 4.69) is 10.1 Å². The number of nitrogens with two attached hydrogens (primary N) is 1. The Labute approximate surface area is 139 Å². The van der Waals surface area contributed by atoms with Gasteiger partial charge in [0.15, 0.2) is 0 Å². The second kappa shape index (κ2) is 5.50. The molecule has 0 aliphatic carbocycles. The molecule has 0 spiro atoms. The summed E-state index contributed by atoms with van der Waals surface area (Å²) in [5.74, 6) is -2.47. The lowest BCUT2D eigenvalue weighted by molar-refractivity contribution is 0.0600. The molecule has 3 N–H and O–H groups in total. The lowest BCUT2D eigenvalue weighted by atomic mass is 10.1. The van der Waals surface area contributed by atoms with Crippen LogP contribution < -0.4 is 16.6 Å². The number of fused-ring (bicyclic) bond motifs is 1. The van der Waals surface area contributed by atoms with Crippen molar-refractivity contribution >= 4 is 35.2 Å². The summed E-state index contributed by atoms with van der Waals surface area (Å²) in [4.78, 5) is 48.0. The fourth-order valence-electron chi connectivity index (χ4n) is 2.53. The van der Waals surface area contributed by atoms with Crippen molar-refractivity contribution < 1.29 is 19.1 Å². The number of imide groups is 1. The molecule has 1 aliphatic heterocycles. The van der Waals surface area contributed by atoms with E-state index in [9.17, 15) is 19.2 Å². The summed E-state index contributed by atoms with van der Waals surface area (Å²) in [6.45, 7) is 0. The number of rotatable bonds is 2. The van der Waals surface area contributed by atoms with Crippen molar-refractivity contribution in [1.29, 1.82) is 0 Å². The van der Waals surface area contributed by atoms with Crippen LogP contribution in [-0.4, -0.2) is 29.5 Å². The molecule has 2 amide bonds. The van der Waals surface area contributed by atoms with Crippen LogP contribution in [0.3, 0.4) is 0 Å². The summed E-state index contributed by atoms with van der Waals surface area (Å²) in [5.41, 5.74) is 4.93. The minimum atomic E-state index is -0.736. The number of halogens is 1. The maximum absolute atomic E-state index is 12.4. The highest BCUT2D eigenvalue weighted by molar-refractivity contribution is 6.33. The van der Waals surface area contributed by atoms with E-state index in [4.69, 9.17) is 17.3 Å². The molecule has 24 heavy (non-hydrogen) atoms. The summed E-state index contributed by atoms with van der Waals surface area (Å²) in [6, 6.07) is 5.32. The zero-order valence-corrected chi connectivity index (χ0v) is 13.0. The Kier molecular flexibility index (Phi) is 3.61. The van der Waals surface area contributed by atoms with E-state index < -0.39 is 23.3 Å². The van der Waals surface area contributed by atoms with Crippen LogP contribution >= 0.6 is 11.6 Å². The maximum atomic E-state index is 12.4. The third kappa shape index (κ3) is 2.16. The van der Waals surface area contributed by atoms with Gasteiger partial charge in [0.2, 0.25) is 0 Å². The lowest BCUT2D eigenvalue weighted by Gasteiger charge is -2.16. The van der Waals surface area contributed by atoms with E-state index in [0.717, 1.165) is 10.6 Å². The number of carbonyl (C=O) groups is 3. The van der Waals surface area contributed by atoms with Gasteiger partial charge in [-0.25, -0.2) is 4.79 Å². The molecule has 0 fully saturated rings. The molecule has 2 aromatic rings. The number of hydrogen-bond donors (Lipinski definition) is 2. The van der Waals surface area contributed by atoms with Gasteiger partial charge >= 0.3 is 5.97 Å². The van der Waals surface area contributed by atoms with E-state index in [1.54, 1.807) is 0 Å². The van der Waals surface area contributed by atoms with Crippen molar-refractivity contribution in [3.63, 3.8) is 0 Å². The summed E-state index contributed by atoms with van der Waals surface area (Å²) >= 11 is 6.13. The molecule has 0 saturated heterocycles. The van der Waals surface area contributed by atoms with Gasteiger partial charge in [0, 0.05) is 6.07 Å². The van der Waals surface area contributed by atoms with Crippen molar-refractivity contribution in [3.8, 4) is 5.69 Å². The number of aromatic nitrogens is 1. The second-order valence-electron chi connectivity index (χ2n) is 4.90. The van der Waals surface area contributed by atoms with Gasteiger partial charge in [-0.3, -0.25) is 24.3 Å². The number of amides is 2. The van der Waals surface area contributed by atoms with Crippen molar-refractivity contribution in [3.05, 3.63) is 56.3 Å². The number of carbonyl (C=O) groups excluding carboxylic acids is 3. The maximum Gasteiger partial charge on any atom is 0.340 e. The fourth-order valence-corrected chi connectivity index (χ4v) is 2.79. The van der Waals surface area contributed by atoms with Crippen LogP contribution in [0.5, 0.6) is 0 Å². The van der Waals surface area contributed by atoms with Gasteiger partial charge in [-0.15, -0.1) is 0 Å². The lowest BCUT2D eigenvalue weighted by Crippen LogP contribution is -2.26. The van der Waals surface area contributed by atoms with Crippen molar-refractivity contribution in [2.75, 3.05) is 12.8 Å². The van der Waals surface area contributed by atoms with Crippen LogP contribution in [0.4, 0.5) is 5.82 Å². The van der Waals surface area contributed by atoms with Gasteiger partial charge in [0.05, 0.1) is 34.5 Å². The predicted molar refractivity (Wildman–Crippen MR) is 84.6 cm³/mol. The summed E-state index contributed by atoms with van der Waals surface area (Å²) in [7, 11) is 1.17. The minimum absolute atomic E-state index is 0.0107. The first kappa shape index (κ1) is 15.8. The summed E-state index contributed by atoms with van der Waals surface area (Å²) in [5, 5.41) is 2.11.